The number of nitrogens with zero attached hydrogens (tertiary/aromatic N) is 4. The summed E-state index contributed by atoms with van der Waals surface area (Å²) in [7, 11) is 1.74. The van der Waals surface area contributed by atoms with Crippen LogP contribution in [0.25, 0.3) is 0 Å². The van der Waals surface area contributed by atoms with E-state index in [1.807, 2.05) is 29.1 Å². The Morgan fingerprint density at radius 1 is 1.21 bits per heavy atom. The summed E-state index contributed by atoms with van der Waals surface area (Å²) in [6.07, 6.45) is 6.26. The van der Waals surface area contributed by atoms with E-state index < -0.39 is 0 Å². The van der Waals surface area contributed by atoms with Crippen LogP contribution < -0.4 is 15.4 Å². The van der Waals surface area contributed by atoms with E-state index in [9.17, 15) is 0 Å². The average Bonchev–Trinajstić information content (AvgIpc) is 3.43. The first-order valence-electron chi connectivity index (χ1n) is 10.2. The van der Waals surface area contributed by atoms with Gasteiger partial charge >= 0.3 is 0 Å². The molecule has 0 radical (unpaired) electrons. The van der Waals surface area contributed by atoms with Gasteiger partial charge in [0.15, 0.2) is 5.96 Å². The molecule has 1 unspecified atom stereocenters. The maximum absolute atomic E-state index is 5.63. The van der Waals surface area contributed by atoms with E-state index in [0.29, 0.717) is 6.54 Å². The summed E-state index contributed by atoms with van der Waals surface area (Å²) in [4.78, 5) is 7.42. The zero-order valence-corrected chi connectivity index (χ0v) is 17.0. The number of likely N-dealkylation sites (tertiary alicyclic amines) is 1. The standard InChI is InChI=1S/C21H32N6O/c1-3-22-21(23-12-16-27-15-8-11-25-27)24-17-19(26-13-6-7-14-26)18-9-4-5-10-20(18)28-2/h4-5,8-11,15,19H,3,6-7,12-14,16-17H2,1-2H3,(H2,22,23,24). The lowest BCUT2D eigenvalue weighted by Crippen LogP contribution is -2.39. The van der Waals surface area contributed by atoms with Crippen LogP contribution in [-0.4, -0.2) is 60.5 Å². The van der Waals surface area contributed by atoms with Gasteiger partial charge in [0.05, 0.1) is 26.2 Å². The van der Waals surface area contributed by atoms with Crippen molar-refractivity contribution in [2.75, 3.05) is 39.8 Å². The predicted octanol–water partition coefficient (Wildman–Crippen LogP) is 2.28. The molecule has 28 heavy (non-hydrogen) atoms. The average molecular weight is 385 g/mol. The summed E-state index contributed by atoms with van der Waals surface area (Å²) in [6, 6.07) is 10.5. The summed E-state index contributed by atoms with van der Waals surface area (Å²) >= 11 is 0. The van der Waals surface area contributed by atoms with E-state index in [2.05, 4.69) is 39.7 Å². The van der Waals surface area contributed by atoms with Crippen LogP contribution in [0.2, 0.25) is 0 Å². The molecule has 1 aromatic heterocycles. The molecule has 2 heterocycles. The molecule has 1 atom stereocenters. The molecule has 0 spiro atoms. The number of hydrogen-bond donors (Lipinski definition) is 2. The van der Waals surface area contributed by atoms with Crippen molar-refractivity contribution in [1.82, 2.24) is 25.3 Å². The lowest BCUT2D eigenvalue weighted by atomic mass is 10.0. The molecule has 1 saturated heterocycles. The van der Waals surface area contributed by atoms with E-state index in [4.69, 9.17) is 9.73 Å². The molecule has 0 bridgehead atoms. The zero-order chi connectivity index (χ0) is 19.6. The summed E-state index contributed by atoms with van der Waals surface area (Å²) < 4.78 is 7.55. The largest absolute Gasteiger partial charge is 0.496 e. The zero-order valence-electron chi connectivity index (χ0n) is 17.0. The normalized spacial score (nSPS) is 16.1. The molecule has 1 fully saturated rings. The molecule has 0 aliphatic carbocycles. The fourth-order valence-corrected chi connectivity index (χ4v) is 3.65. The topological polar surface area (TPSA) is 66.7 Å². The Bertz CT molecular complexity index is 724. The molecule has 7 heteroatoms. The Hall–Kier alpha value is -2.54. The van der Waals surface area contributed by atoms with Gasteiger partial charge in [-0.2, -0.15) is 5.10 Å². The number of benzene rings is 1. The number of hydrogen-bond acceptors (Lipinski definition) is 4. The highest BCUT2D eigenvalue weighted by atomic mass is 16.5. The highest BCUT2D eigenvalue weighted by molar-refractivity contribution is 5.79. The number of nitrogens with one attached hydrogen (secondary N) is 2. The second-order valence-electron chi connectivity index (χ2n) is 6.92. The minimum atomic E-state index is 0.222. The first kappa shape index (κ1) is 20.2. The minimum absolute atomic E-state index is 0.222. The van der Waals surface area contributed by atoms with E-state index in [1.165, 1.54) is 18.4 Å². The van der Waals surface area contributed by atoms with Crippen molar-refractivity contribution in [2.45, 2.75) is 32.4 Å². The van der Waals surface area contributed by atoms with E-state index in [1.54, 1.807) is 13.3 Å². The SMILES string of the molecule is CCNC(=NCC(c1ccccc1OC)N1CCCC1)NCCn1cccn1. The monoisotopic (exact) mass is 384 g/mol. The molecule has 2 aromatic rings. The number of aromatic nitrogens is 2. The van der Waals surface area contributed by atoms with Crippen LogP contribution in [0, 0.1) is 0 Å². The number of ether oxygens (including phenoxy) is 1. The second kappa shape index (κ2) is 10.7. The van der Waals surface area contributed by atoms with Crippen molar-refractivity contribution in [3.63, 3.8) is 0 Å². The Kier molecular flexibility index (Phi) is 7.72. The summed E-state index contributed by atoms with van der Waals surface area (Å²) in [5.41, 5.74) is 1.21. The van der Waals surface area contributed by atoms with Gasteiger partial charge in [-0.3, -0.25) is 14.6 Å². The lowest BCUT2D eigenvalue weighted by Gasteiger charge is -2.28. The number of methoxy groups -OCH3 is 1. The van der Waals surface area contributed by atoms with Crippen LogP contribution in [0.1, 0.15) is 31.4 Å². The number of rotatable bonds is 9. The van der Waals surface area contributed by atoms with Crippen LogP contribution in [-0.2, 0) is 6.54 Å². The van der Waals surface area contributed by atoms with Gasteiger partial charge in [-0.15, -0.1) is 0 Å². The third-order valence-corrected chi connectivity index (χ3v) is 5.04. The molecule has 152 valence electrons. The first-order chi connectivity index (χ1) is 13.8. The lowest BCUT2D eigenvalue weighted by molar-refractivity contribution is 0.245. The smallest absolute Gasteiger partial charge is 0.191 e. The second-order valence-corrected chi connectivity index (χ2v) is 6.92. The van der Waals surface area contributed by atoms with E-state index in [-0.39, 0.29) is 6.04 Å². The van der Waals surface area contributed by atoms with Crippen LogP contribution in [0.4, 0.5) is 0 Å². The minimum Gasteiger partial charge on any atom is -0.496 e. The molecule has 1 aliphatic heterocycles. The molecule has 2 N–H and O–H groups in total. The Labute approximate surface area is 167 Å². The molecular weight excluding hydrogens is 352 g/mol. The van der Waals surface area contributed by atoms with E-state index in [0.717, 1.165) is 44.4 Å². The van der Waals surface area contributed by atoms with Gasteiger partial charge in [0.1, 0.15) is 5.75 Å². The van der Waals surface area contributed by atoms with Crippen molar-refractivity contribution < 1.29 is 4.74 Å². The Morgan fingerprint density at radius 3 is 2.75 bits per heavy atom. The van der Waals surface area contributed by atoms with Crippen molar-refractivity contribution in [3.8, 4) is 5.75 Å². The van der Waals surface area contributed by atoms with Crippen LogP contribution in [0.5, 0.6) is 5.75 Å². The quantitative estimate of drug-likeness (QED) is 0.513. The number of para-hydroxylation sites is 1. The van der Waals surface area contributed by atoms with Gasteiger partial charge in [0.25, 0.3) is 0 Å². The third-order valence-electron chi connectivity index (χ3n) is 5.04. The predicted molar refractivity (Wildman–Crippen MR) is 113 cm³/mol. The van der Waals surface area contributed by atoms with Gasteiger partial charge in [0.2, 0.25) is 0 Å². The van der Waals surface area contributed by atoms with Gasteiger partial charge in [0, 0.05) is 31.0 Å². The number of guanidine groups is 1. The molecule has 0 amide bonds. The summed E-state index contributed by atoms with van der Waals surface area (Å²) in [6.45, 7) is 7.41. The Balaban J connectivity index is 1.69. The molecule has 3 rings (SSSR count). The van der Waals surface area contributed by atoms with Gasteiger partial charge < -0.3 is 15.4 Å². The van der Waals surface area contributed by atoms with E-state index >= 15 is 0 Å². The van der Waals surface area contributed by atoms with Crippen molar-refractivity contribution in [1.29, 1.82) is 0 Å². The van der Waals surface area contributed by atoms with Gasteiger partial charge in [-0.25, -0.2) is 0 Å². The van der Waals surface area contributed by atoms with Crippen molar-refractivity contribution in [2.24, 2.45) is 4.99 Å². The Morgan fingerprint density at radius 2 is 2.04 bits per heavy atom. The maximum atomic E-state index is 5.63. The van der Waals surface area contributed by atoms with Gasteiger partial charge in [-0.05, 0) is 45.0 Å². The first-order valence-corrected chi connectivity index (χ1v) is 10.2. The third kappa shape index (κ3) is 5.48. The molecule has 1 aromatic carbocycles. The van der Waals surface area contributed by atoms with Crippen LogP contribution >= 0.6 is 0 Å². The van der Waals surface area contributed by atoms with Crippen LogP contribution in [0.3, 0.4) is 0 Å². The molecular formula is C21H32N6O. The number of aliphatic imine (C=N–C) groups is 1. The fourth-order valence-electron chi connectivity index (χ4n) is 3.65. The maximum Gasteiger partial charge on any atom is 0.191 e. The highest BCUT2D eigenvalue weighted by Crippen LogP contribution is 2.31. The summed E-state index contributed by atoms with van der Waals surface area (Å²) in [5.74, 6) is 1.78. The van der Waals surface area contributed by atoms with Crippen molar-refractivity contribution in [3.05, 3.63) is 48.3 Å². The van der Waals surface area contributed by atoms with Crippen molar-refractivity contribution >= 4 is 5.96 Å². The fraction of sp³-hybridized carbons (Fsp3) is 0.524. The molecule has 7 nitrogen and oxygen atoms in total. The van der Waals surface area contributed by atoms with Gasteiger partial charge in [-0.1, -0.05) is 18.2 Å². The summed E-state index contributed by atoms with van der Waals surface area (Å²) in [5, 5.41) is 11.0. The molecule has 0 saturated carbocycles. The van der Waals surface area contributed by atoms with Crippen LogP contribution in [0.15, 0.2) is 47.7 Å². The molecule has 1 aliphatic rings. The highest BCUT2D eigenvalue weighted by Gasteiger charge is 2.25.